The molecule has 2 aromatic heterocycles. The fourth-order valence-corrected chi connectivity index (χ4v) is 2.16. The van der Waals surface area contributed by atoms with Gasteiger partial charge in [-0.3, -0.25) is 4.90 Å². The van der Waals surface area contributed by atoms with Gasteiger partial charge in [0.2, 0.25) is 5.89 Å². The molecule has 0 amide bonds. The normalized spacial score (nSPS) is 11.3. The van der Waals surface area contributed by atoms with Crippen molar-refractivity contribution in [1.82, 2.24) is 25.2 Å². The summed E-state index contributed by atoms with van der Waals surface area (Å²) in [6.45, 7) is 5.12. The molecule has 0 atom stereocenters. The van der Waals surface area contributed by atoms with E-state index in [1.807, 2.05) is 50.1 Å². The maximum atomic E-state index is 5.32. The molecule has 120 valence electrons. The van der Waals surface area contributed by atoms with Crippen molar-refractivity contribution in [3.05, 3.63) is 47.4 Å². The average Bonchev–Trinajstić information content (AvgIpc) is 3.17. The molecular formula is C16H19N5O2. The highest BCUT2D eigenvalue weighted by Crippen LogP contribution is 2.18. The van der Waals surface area contributed by atoms with E-state index < -0.39 is 0 Å². The number of aromatic nitrogens is 4. The molecule has 0 fully saturated rings. The number of benzene rings is 1. The molecule has 0 unspecified atom stereocenters. The Hall–Kier alpha value is -2.54. The molecule has 0 N–H and O–H groups in total. The molecule has 0 bridgehead atoms. The molecule has 7 heteroatoms. The highest BCUT2D eigenvalue weighted by Gasteiger charge is 2.13. The van der Waals surface area contributed by atoms with Crippen LogP contribution in [-0.2, 0) is 19.5 Å². The second-order valence-corrected chi connectivity index (χ2v) is 5.51. The van der Waals surface area contributed by atoms with Crippen molar-refractivity contribution in [3.8, 4) is 11.5 Å². The minimum absolute atomic E-state index is 0.527. The average molecular weight is 313 g/mol. The molecule has 0 aliphatic rings. The Kier molecular flexibility index (Phi) is 4.47. The second kappa shape index (κ2) is 6.70. The second-order valence-electron chi connectivity index (χ2n) is 5.51. The van der Waals surface area contributed by atoms with E-state index >= 15 is 0 Å². The summed E-state index contributed by atoms with van der Waals surface area (Å²) in [6.07, 6.45) is 0.762. The van der Waals surface area contributed by atoms with E-state index in [1.165, 1.54) is 5.56 Å². The predicted molar refractivity (Wildman–Crippen MR) is 83.3 cm³/mol. The minimum atomic E-state index is 0.527. The van der Waals surface area contributed by atoms with Crippen LogP contribution in [0.4, 0.5) is 0 Å². The summed E-state index contributed by atoms with van der Waals surface area (Å²) in [5.41, 5.74) is 2.11. The molecule has 7 nitrogen and oxygen atoms in total. The summed E-state index contributed by atoms with van der Waals surface area (Å²) in [5.74, 6) is 2.46. The van der Waals surface area contributed by atoms with Crippen molar-refractivity contribution in [2.24, 2.45) is 0 Å². The standard InChI is InChI=1S/C16H19N5O2/c1-4-13-17-15(22-19-13)10-21(3)9-14-18-16(23-20-14)12-7-5-11(2)6-8-12/h5-8H,4,9-10H2,1-3H3. The van der Waals surface area contributed by atoms with Crippen molar-refractivity contribution >= 4 is 0 Å². The van der Waals surface area contributed by atoms with Crippen molar-refractivity contribution in [1.29, 1.82) is 0 Å². The summed E-state index contributed by atoms with van der Waals surface area (Å²) in [6, 6.07) is 7.99. The molecular weight excluding hydrogens is 294 g/mol. The van der Waals surface area contributed by atoms with Gasteiger partial charge in [-0.15, -0.1) is 0 Å². The number of aryl methyl sites for hydroxylation is 2. The van der Waals surface area contributed by atoms with Crippen LogP contribution in [0, 0.1) is 6.92 Å². The fourth-order valence-electron chi connectivity index (χ4n) is 2.16. The highest BCUT2D eigenvalue weighted by atomic mass is 16.5. The summed E-state index contributed by atoms with van der Waals surface area (Å²) < 4.78 is 10.5. The van der Waals surface area contributed by atoms with Crippen LogP contribution in [0.25, 0.3) is 11.5 Å². The summed E-state index contributed by atoms with van der Waals surface area (Å²) in [7, 11) is 1.94. The first-order valence-corrected chi connectivity index (χ1v) is 7.53. The molecule has 2 heterocycles. The topological polar surface area (TPSA) is 81.1 Å². The third-order valence-electron chi connectivity index (χ3n) is 3.41. The number of hydrogen-bond donors (Lipinski definition) is 0. The molecule has 1 aromatic carbocycles. The molecule has 0 spiro atoms. The quantitative estimate of drug-likeness (QED) is 0.692. The monoisotopic (exact) mass is 313 g/mol. The zero-order valence-corrected chi connectivity index (χ0v) is 13.5. The third kappa shape index (κ3) is 3.81. The molecule has 0 aliphatic heterocycles. The molecule has 0 aliphatic carbocycles. The van der Waals surface area contributed by atoms with Gasteiger partial charge in [-0.25, -0.2) is 0 Å². The van der Waals surface area contributed by atoms with Gasteiger partial charge >= 0.3 is 0 Å². The van der Waals surface area contributed by atoms with Crippen LogP contribution in [-0.4, -0.2) is 32.2 Å². The van der Waals surface area contributed by atoms with Gasteiger partial charge in [0.05, 0.1) is 13.1 Å². The van der Waals surface area contributed by atoms with E-state index in [1.54, 1.807) is 0 Å². The van der Waals surface area contributed by atoms with Gasteiger partial charge in [0, 0.05) is 12.0 Å². The molecule has 0 saturated carbocycles. The van der Waals surface area contributed by atoms with Crippen LogP contribution in [0.5, 0.6) is 0 Å². The fraction of sp³-hybridized carbons (Fsp3) is 0.375. The van der Waals surface area contributed by atoms with Gasteiger partial charge < -0.3 is 9.05 Å². The van der Waals surface area contributed by atoms with Gasteiger partial charge in [0.25, 0.3) is 5.89 Å². The van der Waals surface area contributed by atoms with Gasteiger partial charge in [-0.1, -0.05) is 34.9 Å². The van der Waals surface area contributed by atoms with Crippen molar-refractivity contribution < 1.29 is 9.05 Å². The van der Waals surface area contributed by atoms with E-state index in [4.69, 9.17) is 9.05 Å². The van der Waals surface area contributed by atoms with Crippen LogP contribution in [0.1, 0.15) is 30.0 Å². The summed E-state index contributed by atoms with van der Waals surface area (Å²) in [4.78, 5) is 10.7. The van der Waals surface area contributed by atoms with E-state index in [0.29, 0.717) is 30.7 Å². The molecule has 3 rings (SSSR count). The zero-order chi connectivity index (χ0) is 16.2. The lowest BCUT2D eigenvalue weighted by molar-refractivity contribution is 0.252. The first kappa shape index (κ1) is 15.4. The summed E-state index contributed by atoms with van der Waals surface area (Å²) >= 11 is 0. The number of hydrogen-bond acceptors (Lipinski definition) is 7. The van der Waals surface area contributed by atoms with Crippen molar-refractivity contribution in [3.63, 3.8) is 0 Å². The lowest BCUT2D eigenvalue weighted by atomic mass is 10.1. The summed E-state index contributed by atoms with van der Waals surface area (Å²) in [5, 5.41) is 7.91. The predicted octanol–water partition coefficient (Wildman–Crippen LogP) is 2.62. The first-order valence-electron chi connectivity index (χ1n) is 7.53. The lowest BCUT2D eigenvalue weighted by Gasteiger charge is -2.10. The Morgan fingerprint density at radius 3 is 2.39 bits per heavy atom. The van der Waals surface area contributed by atoms with Gasteiger partial charge in [-0.05, 0) is 26.1 Å². The lowest BCUT2D eigenvalue weighted by Crippen LogP contribution is -2.18. The SMILES string of the molecule is CCc1noc(CN(C)Cc2noc(-c3ccc(C)cc3)n2)n1. The van der Waals surface area contributed by atoms with Crippen molar-refractivity contribution in [2.45, 2.75) is 33.4 Å². The Morgan fingerprint density at radius 2 is 1.70 bits per heavy atom. The maximum absolute atomic E-state index is 5.32. The Labute approximate surface area is 134 Å². The van der Waals surface area contributed by atoms with Crippen molar-refractivity contribution in [2.75, 3.05) is 7.05 Å². The van der Waals surface area contributed by atoms with E-state index in [0.717, 1.165) is 17.8 Å². The van der Waals surface area contributed by atoms with Crippen LogP contribution in [0.2, 0.25) is 0 Å². The Bertz CT molecular complexity index is 763. The molecule has 23 heavy (non-hydrogen) atoms. The van der Waals surface area contributed by atoms with Gasteiger partial charge in [0.1, 0.15) is 0 Å². The Morgan fingerprint density at radius 1 is 0.957 bits per heavy atom. The van der Waals surface area contributed by atoms with Gasteiger partial charge in [-0.2, -0.15) is 9.97 Å². The van der Waals surface area contributed by atoms with Crippen LogP contribution < -0.4 is 0 Å². The molecule has 3 aromatic rings. The van der Waals surface area contributed by atoms with Crippen LogP contribution in [0.15, 0.2) is 33.3 Å². The molecule has 0 saturated heterocycles. The van der Waals surface area contributed by atoms with E-state index in [2.05, 4.69) is 20.3 Å². The van der Waals surface area contributed by atoms with E-state index in [9.17, 15) is 0 Å². The minimum Gasteiger partial charge on any atom is -0.338 e. The zero-order valence-electron chi connectivity index (χ0n) is 13.5. The first-order chi connectivity index (χ1) is 11.1. The molecule has 0 radical (unpaired) electrons. The third-order valence-corrected chi connectivity index (χ3v) is 3.41. The number of nitrogens with zero attached hydrogens (tertiary/aromatic N) is 5. The smallest absolute Gasteiger partial charge is 0.257 e. The van der Waals surface area contributed by atoms with Crippen LogP contribution in [0.3, 0.4) is 0 Å². The highest BCUT2D eigenvalue weighted by molar-refractivity contribution is 5.53. The van der Waals surface area contributed by atoms with Crippen LogP contribution >= 0.6 is 0 Å². The van der Waals surface area contributed by atoms with E-state index in [-0.39, 0.29) is 0 Å². The Balaban J connectivity index is 1.62. The maximum Gasteiger partial charge on any atom is 0.257 e. The largest absolute Gasteiger partial charge is 0.338 e. The van der Waals surface area contributed by atoms with Gasteiger partial charge in [0.15, 0.2) is 11.6 Å². The number of rotatable bonds is 6.